The summed E-state index contributed by atoms with van der Waals surface area (Å²) in [7, 11) is 1.32. The van der Waals surface area contributed by atoms with Gasteiger partial charge < -0.3 is 20.1 Å². The van der Waals surface area contributed by atoms with Crippen molar-refractivity contribution in [3.05, 3.63) is 35.4 Å². The zero-order chi connectivity index (χ0) is 15.6. The van der Waals surface area contributed by atoms with Gasteiger partial charge in [-0.1, -0.05) is 6.07 Å². The zero-order valence-corrected chi connectivity index (χ0v) is 12.3. The summed E-state index contributed by atoms with van der Waals surface area (Å²) in [5.41, 5.74) is 0.565. The third-order valence-corrected chi connectivity index (χ3v) is 3.85. The maximum atomic E-state index is 12.4. The van der Waals surface area contributed by atoms with Crippen molar-refractivity contribution in [1.29, 1.82) is 0 Å². The van der Waals surface area contributed by atoms with Crippen molar-refractivity contribution in [2.75, 3.05) is 20.2 Å². The molecular formula is C16H18N2O4. The molecule has 0 aromatic heterocycles. The predicted molar refractivity (Wildman–Crippen MR) is 80.4 cm³/mol. The third kappa shape index (κ3) is 2.82. The summed E-state index contributed by atoms with van der Waals surface area (Å²) in [6, 6.07) is 5.27. The predicted octanol–water partition coefficient (Wildman–Crippen LogP) is 1.07. The lowest BCUT2D eigenvalue weighted by molar-refractivity contribution is -0.134. The van der Waals surface area contributed by atoms with Gasteiger partial charge in [0.1, 0.15) is 5.75 Å². The van der Waals surface area contributed by atoms with Crippen molar-refractivity contribution in [3.63, 3.8) is 0 Å². The van der Waals surface area contributed by atoms with E-state index in [2.05, 4.69) is 15.4 Å². The Hall–Kier alpha value is -2.34. The first-order valence-corrected chi connectivity index (χ1v) is 7.24. The van der Waals surface area contributed by atoms with Gasteiger partial charge in [-0.05, 0) is 36.7 Å². The molecule has 0 bridgehead atoms. The highest BCUT2D eigenvalue weighted by Crippen LogP contribution is 2.31. The number of benzene rings is 1. The van der Waals surface area contributed by atoms with Crippen molar-refractivity contribution < 1.29 is 19.1 Å². The normalized spacial score (nSPS) is 23.8. The van der Waals surface area contributed by atoms with Crippen molar-refractivity contribution in [1.82, 2.24) is 10.6 Å². The summed E-state index contributed by atoms with van der Waals surface area (Å²) in [5, 5.41) is 6.20. The topological polar surface area (TPSA) is 76.7 Å². The summed E-state index contributed by atoms with van der Waals surface area (Å²) in [6.07, 6.45) is 4.66. The van der Waals surface area contributed by atoms with Gasteiger partial charge in [-0.25, -0.2) is 4.79 Å². The summed E-state index contributed by atoms with van der Waals surface area (Å²) in [5.74, 6) is -0.0217. The largest absolute Gasteiger partial charge is 0.466 e. The van der Waals surface area contributed by atoms with Crippen LogP contribution in [0.3, 0.4) is 0 Å². The van der Waals surface area contributed by atoms with Crippen LogP contribution >= 0.6 is 0 Å². The van der Waals surface area contributed by atoms with Crippen molar-refractivity contribution in [2.45, 2.75) is 18.6 Å². The molecule has 3 rings (SSSR count). The lowest BCUT2D eigenvalue weighted by atomic mass is 9.98. The molecule has 1 amide bonds. The number of ether oxygens (including phenoxy) is 2. The van der Waals surface area contributed by atoms with E-state index < -0.39 is 11.7 Å². The fourth-order valence-corrected chi connectivity index (χ4v) is 2.73. The summed E-state index contributed by atoms with van der Waals surface area (Å²) >= 11 is 0. The standard InChI is InChI=1S/C16H18N2O4/c1-21-14(19)6-4-11-3-5-13-12(9-11)15(20)18-16(22-13)7-2-8-17-10-16/h3-6,9,17H,2,7-8,10H2,1H3,(H,18,20). The van der Waals surface area contributed by atoms with E-state index in [4.69, 9.17) is 4.74 Å². The molecule has 2 heterocycles. The Balaban J connectivity index is 1.85. The van der Waals surface area contributed by atoms with E-state index in [0.29, 0.717) is 17.9 Å². The number of rotatable bonds is 2. The minimum atomic E-state index is -0.647. The first kappa shape index (κ1) is 14.6. The SMILES string of the molecule is COC(=O)C=Cc1ccc2c(c1)C(=O)NC1(CCCNC1)O2. The van der Waals surface area contributed by atoms with Gasteiger partial charge >= 0.3 is 5.97 Å². The minimum absolute atomic E-state index is 0.154. The molecule has 1 spiro atoms. The van der Waals surface area contributed by atoms with Gasteiger partial charge in [0.05, 0.1) is 19.2 Å². The molecule has 1 unspecified atom stereocenters. The fourth-order valence-electron chi connectivity index (χ4n) is 2.73. The molecule has 22 heavy (non-hydrogen) atoms. The number of methoxy groups -OCH3 is 1. The van der Waals surface area contributed by atoms with E-state index in [9.17, 15) is 9.59 Å². The van der Waals surface area contributed by atoms with Gasteiger partial charge in [0, 0.05) is 12.5 Å². The molecule has 1 atom stereocenters. The number of nitrogens with one attached hydrogen (secondary N) is 2. The average Bonchev–Trinajstić information content (AvgIpc) is 2.53. The molecule has 1 aromatic carbocycles. The number of amides is 1. The Morgan fingerprint density at radius 1 is 1.45 bits per heavy atom. The Bertz CT molecular complexity index is 633. The van der Waals surface area contributed by atoms with Crippen LogP contribution in [0.4, 0.5) is 0 Å². The van der Waals surface area contributed by atoms with Crippen LogP contribution in [-0.4, -0.2) is 37.8 Å². The fraction of sp³-hybridized carbons (Fsp3) is 0.375. The molecule has 2 N–H and O–H groups in total. The van der Waals surface area contributed by atoms with Crippen molar-refractivity contribution in [2.24, 2.45) is 0 Å². The second-order valence-electron chi connectivity index (χ2n) is 5.44. The van der Waals surface area contributed by atoms with Gasteiger partial charge in [-0.3, -0.25) is 4.79 Å². The highest BCUT2D eigenvalue weighted by atomic mass is 16.5. The maximum Gasteiger partial charge on any atom is 0.330 e. The molecule has 6 nitrogen and oxygen atoms in total. The molecule has 0 aliphatic carbocycles. The first-order valence-electron chi connectivity index (χ1n) is 7.24. The molecule has 1 saturated heterocycles. The molecule has 2 aliphatic heterocycles. The molecule has 6 heteroatoms. The smallest absolute Gasteiger partial charge is 0.330 e. The molecule has 2 aliphatic rings. The van der Waals surface area contributed by atoms with Gasteiger partial charge in [0.15, 0.2) is 5.72 Å². The third-order valence-electron chi connectivity index (χ3n) is 3.85. The quantitative estimate of drug-likeness (QED) is 0.631. The number of esters is 1. The Morgan fingerprint density at radius 2 is 2.32 bits per heavy atom. The van der Waals surface area contributed by atoms with Crippen LogP contribution in [0.25, 0.3) is 6.08 Å². The average molecular weight is 302 g/mol. The van der Waals surface area contributed by atoms with Gasteiger partial charge in [-0.2, -0.15) is 0 Å². The van der Waals surface area contributed by atoms with E-state index in [-0.39, 0.29) is 5.91 Å². The van der Waals surface area contributed by atoms with Gasteiger partial charge in [-0.15, -0.1) is 0 Å². The van der Waals surface area contributed by atoms with E-state index >= 15 is 0 Å². The Kier molecular flexibility index (Phi) is 3.85. The Labute approximate surface area is 128 Å². The molecule has 1 aromatic rings. The van der Waals surface area contributed by atoms with Crippen LogP contribution in [0.2, 0.25) is 0 Å². The summed E-state index contributed by atoms with van der Waals surface area (Å²) < 4.78 is 10.6. The number of fused-ring (bicyclic) bond motifs is 1. The monoisotopic (exact) mass is 302 g/mol. The first-order chi connectivity index (χ1) is 10.6. The molecule has 116 valence electrons. The second kappa shape index (κ2) is 5.81. The van der Waals surface area contributed by atoms with E-state index in [1.54, 1.807) is 24.3 Å². The van der Waals surface area contributed by atoms with Crippen LogP contribution in [0.5, 0.6) is 5.75 Å². The van der Waals surface area contributed by atoms with E-state index in [1.165, 1.54) is 13.2 Å². The van der Waals surface area contributed by atoms with Crippen molar-refractivity contribution >= 4 is 18.0 Å². The summed E-state index contributed by atoms with van der Waals surface area (Å²) in [4.78, 5) is 23.5. The molecule has 0 radical (unpaired) electrons. The number of carbonyl (C=O) groups is 2. The number of hydrogen-bond acceptors (Lipinski definition) is 5. The van der Waals surface area contributed by atoms with Crippen LogP contribution in [-0.2, 0) is 9.53 Å². The van der Waals surface area contributed by atoms with Crippen LogP contribution < -0.4 is 15.4 Å². The molecule has 0 saturated carbocycles. The number of hydrogen-bond donors (Lipinski definition) is 2. The maximum absolute atomic E-state index is 12.4. The number of piperidine rings is 1. The Morgan fingerprint density at radius 3 is 3.05 bits per heavy atom. The van der Waals surface area contributed by atoms with Crippen molar-refractivity contribution in [3.8, 4) is 5.75 Å². The molecule has 1 fully saturated rings. The van der Waals surface area contributed by atoms with E-state index in [1.807, 2.05) is 0 Å². The second-order valence-corrected chi connectivity index (χ2v) is 5.44. The lowest BCUT2D eigenvalue weighted by Gasteiger charge is -2.41. The zero-order valence-electron chi connectivity index (χ0n) is 12.3. The lowest BCUT2D eigenvalue weighted by Crippen LogP contribution is -2.63. The number of carbonyl (C=O) groups excluding carboxylic acids is 2. The summed E-state index contributed by atoms with van der Waals surface area (Å²) in [6.45, 7) is 1.53. The highest BCUT2D eigenvalue weighted by molar-refractivity contribution is 5.99. The molecular weight excluding hydrogens is 284 g/mol. The van der Waals surface area contributed by atoms with Crippen LogP contribution in [0.1, 0.15) is 28.8 Å². The van der Waals surface area contributed by atoms with Crippen LogP contribution in [0, 0.1) is 0 Å². The van der Waals surface area contributed by atoms with E-state index in [0.717, 1.165) is 24.9 Å². The minimum Gasteiger partial charge on any atom is -0.466 e. The highest BCUT2D eigenvalue weighted by Gasteiger charge is 2.40. The van der Waals surface area contributed by atoms with Crippen LogP contribution in [0.15, 0.2) is 24.3 Å². The van der Waals surface area contributed by atoms with Gasteiger partial charge in [0.2, 0.25) is 0 Å². The van der Waals surface area contributed by atoms with Gasteiger partial charge in [0.25, 0.3) is 5.91 Å².